The van der Waals surface area contributed by atoms with Gasteiger partial charge in [-0.15, -0.1) is 0 Å². The van der Waals surface area contributed by atoms with Crippen LogP contribution in [0.15, 0.2) is 42.5 Å². The van der Waals surface area contributed by atoms with Crippen LogP contribution in [0.3, 0.4) is 0 Å². The molecule has 1 N–H and O–H groups in total. The fraction of sp³-hybridized carbons (Fsp3) is 0.333. The number of rotatable bonds is 7. The molecule has 0 aromatic heterocycles. The van der Waals surface area contributed by atoms with Crippen molar-refractivity contribution in [3.8, 4) is 17.2 Å². The first-order valence-corrected chi connectivity index (χ1v) is 9.12. The third-order valence-corrected chi connectivity index (χ3v) is 4.56. The van der Waals surface area contributed by atoms with E-state index in [2.05, 4.69) is 5.32 Å². The summed E-state index contributed by atoms with van der Waals surface area (Å²) in [4.78, 5) is 26.5. The van der Waals surface area contributed by atoms with E-state index in [0.717, 1.165) is 11.3 Å². The lowest BCUT2D eigenvalue weighted by Crippen LogP contribution is -2.38. The molecule has 3 rings (SSSR count). The first kappa shape index (κ1) is 19.5. The van der Waals surface area contributed by atoms with Crippen molar-refractivity contribution < 1.29 is 23.8 Å². The van der Waals surface area contributed by atoms with E-state index in [1.54, 1.807) is 25.2 Å². The molecule has 2 aromatic rings. The molecular weight excluding hydrogens is 360 g/mol. The van der Waals surface area contributed by atoms with Crippen molar-refractivity contribution in [3.05, 3.63) is 48.0 Å². The van der Waals surface area contributed by atoms with E-state index in [9.17, 15) is 9.59 Å². The minimum atomic E-state index is -0.195. The lowest BCUT2D eigenvalue weighted by atomic mass is 10.1. The van der Waals surface area contributed by atoms with Gasteiger partial charge in [0.25, 0.3) is 0 Å². The highest BCUT2D eigenvalue weighted by molar-refractivity contribution is 5.97. The molecule has 2 amide bonds. The molecule has 7 nitrogen and oxygen atoms in total. The van der Waals surface area contributed by atoms with Gasteiger partial charge in [-0.05, 0) is 18.2 Å². The third-order valence-electron chi connectivity index (χ3n) is 4.56. The maximum atomic E-state index is 12.6. The summed E-state index contributed by atoms with van der Waals surface area (Å²) in [6.07, 6.45) is 0.250. The monoisotopic (exact) mass is 384 g/mol. The van der Waals surface area contributed by atoms with Crippen LogP contribution in [0, 0.1) is 0 Å². The molecule has 0 bridgehead atoms. The van der Waals surface area contributed by atoms with Crippen molar-refractivity contribution in [1.29, 1.82) is 0 Å². The van der Waals surface area contributed by atoms with Crippen LogP contribution >= 0.6 is 0 Å². The van der Waals surface area contributed by atoms with Gasteiger partial charge in [0.1, 0.15) is 12.4 Å². The van der Waals surface area contributed by atoms with E-state index in [1.807, 2.05) is 36.4 Å². The van der Waals surface area contributed by atoms with Crippen molar-refractivity contribution in [2.75, 3.05) is 32.3 Å². The zero-order valence-electron chi connectivity index (χ0n) is 16.1. The van der Waals surface area contributed by atoms with Crippen molar-refractivity contribution in [2.24, 2.45) is 0 Å². The number of hydrogen-bond donors (Lipinski definition) is 1. The van der Waals surface area contributed by atoms with Crippen LogP contribution in [0.25, 0.3) is 0 Å². The molecule has 1 aliphatic rings. The number of benzene rings is 2. The predicted octanol–water partition coefficient (Wildman–Crippen LogP) is 2.53. The Hall–Kier alpha value is -3.22. The molecule has 148 valence electrons. The van der Waals surface area contributed by atoms with Gasteiger partial charge < -0.3 is 24.4 Å². The van der Waals surface area contributed by atoms with E-state index in [0.29, 0.717) is 36.9 Å². The molecule has 0 atom stereocenters. The lowest BCUT2D eigenvalue weighted by Gasteiger charge is -2.29. The molecule has 1 heterocycles. The van der Waals surface area contributed by atoms with Crippen LogP contribution in [0.1, 0.15) is 18.4 Å². The molecule has 0 saturated carbocycles. The van der Waals surface area contributed by atoms with Gasteiger partial charge in [0.15, 0.2) is 11.5 Å². The lowest BCUT2D eigenvalue weighted by molar-refractivity contribution is -0.125. The van der Waals surface area contributed by atoms with Gasteiger partial charge in [-0.25, -0.2) is 0 Å². The standard InChI is InChI=1S/C21H24N2O5/c1-26-18-9-5-6-15(21(18)27-2)14-22-19(24)10-11-20(25)23-12-13-28-17-8-4-3-7-16(17)23/h3-9H,10-14H2,1-2H3,(H,22,24). The molecule has 2 aromatic carbocycles. The van der Waals surface area contributed by atoms with Crippen LogP contribution in [-0.2, 0) is 16.1 Å². The van der Waals surface area contributed by atoms with Gasteiger partial charge in [0.05, 0.1) is 26.5 Å². The number of amides is 2. The molecule has 28 heavy (non-hydrogen) atoms. The SMILES string of the molecule is COc1cccc(CNC(=O)CCC(=O)N2CCOc3ccccc32)c1OC. The topological polar surface area (TPSA) is 77.1 Å². The van der Waals surface area contributed by atoms with Gasteiger partial charge in [-0.2, -0.15) is 0 Å². The molecule has 1 aliphatic heterocycles. The Kier molecular flexibility index (Phi) is 6.37. The van der Waals surface area contributed by atoms with E-state index in [1.165, 1.54) is 0 Å². The van der Waals surface area contributed by atoms with Crippen molar-refractivity contribution in [3.63, 3.8) is 0 Å². The number of anilines is 1. The summed E-state index contributed by atoms with van der Waals surface area (Å²) >= 11 is 0. The van der Waals surface area contributed by atoms with E-state index < -0.39 is 0 Å². The van der Waals surface area contributed by atoms with Crippen LogP contribution < -0.4 is 24.4 Å². The first-order valence-electron chi connectivity index (χ1n) is 9.12. The molecule has 0 spiro atoms. The first-order chi connectivity index (χ1) is 13.6. The number of fused-ring (bicyclic) bond motifs is 1. The zero-order valence-corrected chi connectivity index (χ0v) is 16.1. The van der Waals surface area contributed by atoms with Crippen molar-refractivity contribution in [2.45, 2.75) is 19.4 Å². The molecule has 0 radical (unpaired) electrons. The number of carbonyl (C=O) groups is 2. The van der Waals surface area contributed by atoms with Gasteiger partial charge in [0, 0.05) is 24.9 Å². The van der Waals surface area contributed by atoms with Crippen molar-refractivity contribution in [1.82, 2.24) is 5.32 Å². The second-order valence-electron chi connectivity index (χ2n) is 6.29. The normalized spacial score (nSPS) is 12.6. The van der Waals surface area contributed by atoms with Crippen LogP contribution in [0.2, 0.25) is 0 Å². The second-order valence-corrected chi connectivity index (χ2v) is 6.29. The highest BCUT2D eigenvalue weighted by Gasteiger charge is 2.23. The summed E-state index contributed by atoms with van der Waals surface area (Å²) in [5.74, 6) is 1.60. The number of methoxy groups -OCH3 is 2. The van der Waals surface area contributed by atoms with Crippen LogP contribution in [0.5, 0.6) is 17.2 Å². The third kappa shape index (κ3) is 4.36. The number of carbonyl (C=O) groups excluding carboxylic acids is 2. The molecule has 0 aliphatic carbocycles. The Morgan fingerprint density at radius 2 is 1.89 bits per heavy atom. The van der Waals surface area contributed by atoms with E-state index in [-0.39, 0.29) is 24.7 Å². The molecule has 0 unspecified atom stereocenters. The number of nitrogens with zero attached hydrogens (tertiary/aromatic N) is 1. The predicted molar refractivity (Wildman–Crippen MR) is 105 cm³/mol. The highest BCUT2D eigenvalue weighted by atomic mass is 16.5. The summed E-state index contributed by atoms with van der Waals surface area (Å²) in [7, 11) is 3.12. The summed E-state index contributed by atoms with van der Waals surface area (Å²) in [6.45, 7) is 1.23. The molecule has 7 heteroatoms. The van der Waals surface area contributed by atoms with Gasteiger partial charge in [-0.1, -0.05) is 24.3 Å². The van der Waals surface area contributed by atoms with E-state index >= 15 is 0 Å². The number of para-hydroxylation sites is 3. The fourth-order valence-corrected chi connectivity index (χ4v) is 3.16. The average molecular weight is 384 g/mol. The second kappa shape index (κ2) is 9.12. The largest absolute Gasteiger partial charge is 0.493 e. The summed E-state index contributed by atoms with van der Waals surface area (Å²) in [5, 5.41) is 2.83. The van der Waals surface area contributed by atoms with E-state index in [4.69, 9.17) is 14.2 Å². The van der Waals surface area contributed by atoms with Crippen molar-refractivity contribution >= 4 is 17.5 Å². The Morgan fingerprint density at radius 1 is 1.07 bits per heavy atom. The Morgan fingerprint density at radius 3 is 2.68 bits per heavy atom. The Bertz CT molecular complexity index is 852. The van der Waals surface area contributed by atoms with Crippen LogP contribution in [0.4, 0.5) is 5.69 Å². The zero-order chi connectivity index (χ0) is 19.9. The Balaban J connectivity index is 1.54. The molecule has 0 saturated heterocycles. The molecular formula is C21H24N2O5. The highest BCUT2D eigenvalue weighted by Crippen LogP contribution is 2.32. The van der Waals surface area contributed by atoms with Gasteiger partial charge in [-0.3, -0.25) is 9.59 Å². The minimum absolute atomic E-state index is 0.0927. The van der Waals surface area contributed by atoms with Gasteiger partial charge >= 0.3 is 0 Å². The number of nitrogens with one attached hydrogen (secondary N) is 1. The van der Waals surface area contributed by atoms with Gasteiger partial charge in [0.2, 0.25) is 11.8 Å². The average Bonchev–Trinajstić information content (AvgIpc) is 2.75. The number of ether oxygens (including phenoxy) is 3. The maximum Gasteiger partial charge on any atom is 0.227 e. The number of hydrogen-bond acceptors (Lipinski definition) is 5. The fourth-order valence-electron chi connectivity index (χ4n) is 3.16. The minimum Gasteiger partial charge on any atom is -0.493 e. The summed E-state index contributed by atoms with van der Waals surface area (Å²) in [5.41, 5.74) is 1.56. The maximum absolute atomic E-state index is 12.6. The summed E-state index contributed by atoms with van der Waals surface area (Å²) < 4.78 is 16.2. The molecule has 0 fully saturated rings. The smallest absolute Gasteiger partial charge is 0.227 e. The quantitative estimate of drug-likeness (QED) is 0.794. The van der Waals surface area contributed by atoms with Crippen LogP contribution in [-0.4, -0.2) is 39.2 Å². The summed E-state index contributed by atoms with van der Waals surface area (Å²) in [6, 6.07) is 12.9. The Labute approximate surface area is 164 Å².